The predicted molar refractivity (Wildman–Crippen MR) is 107 cm³/mol. The van der Waals surface area contributed by atoms with Gasteiger partial charge in [-0.1, -0.05) is 41.9 Å². The number of nitrogens with one attached hydrogen (secondary N) is 1. The number of halogens is 4. The van der Waals surface area contributed by atoms with E-state index in [1.54, 1.807) is 35.1 Å². The van der Waals surface area contributed by atoms with Crippen molar-refractivity contribution in [3.8, 4) is 0 Å². The van der Waals surface area contributed by atoms with Crippen LogP contribution in [-0.2, 0) is 24.6 Å². The smallest absolute Gasteiger partial charge is 0.223 e. The minimum atomic E-state index is -5.51. The van der Waals surface area contributed by atoms with Gasteiger partial charge in [0.05, 0.1) is 4.90 Å². The summed E-state index contributed by atoms with van der Waals surface area (Å²) in [7, 11) is -9.45. The number of benzene rings is 2. The van der Waals surface area contributed by atoms with Crippen molar-refractivity contribution in [3.63, 3.8) is 0 Å². The first kappa shape index (κ1) is 23.1. The number of rotatable bonds is 5. The van der Waals surface area contributed by atoms with Crippen LogP contribution in [0.2, 0.25) is 5.02 Å². The molecule has 0 aromatic heterocycles. The Kier molecular flexibility index (Phi) is 6.26. The SMILES string of the molecule is O=S(=O)(NC1CCC(c2ccccc2)(S(=O)(=O)c2ccc(Cl)cc2)CC1)C(F)(F)F. The molecule has 1 saturated carbocycles. The summed E-state index contributed by atoms with van der Waals surface area (Å²) in [5, 5.41) is 0.368. The Labute approximate surface area is 178 Å². The van der Waals surface area contributed by atoms with Crippen LogP contribution in [0.25, 0.3) is 0 Å². The minimum Gasteiger partial charge on any atom is -0.223 e. The van der Waals surface area contributed by atoms with Gasteiger partial charge in [0, 0.05) is 11.1 Å². The van der Waals surface area contributed by atoms with Gasteiger partial charge in [-0.3, -0.25) is 0 Å². The molecular weight excluding hydrogens is 463 g/mol. The molecule has 2 aromatic rings. The minimum absolute atomic E-state index is 0.0347. The second kappa shape index (κ2) is 8.14. The van der Waals surface area contributed by atoms with E-state index in [0.717, 1.165) is 0 Å². The van der Waals surface area contributed by atoms with Crippen LogP contribution in [0.1, 0.15) is 31.2 Å². The maximum atomic E-state index is 13.6. The Bertz CT molecular complexity index is 1090. The molecule has 1 aliphatic carbocycles. The van der Waals surface area contributed by atoms with E-state index in [9.17, 15) is 30.0 Å². The molecule has 0 bridgehead atoms. The van der Waals surface area contributed by atoms with Gasteiger partial charge in [-0.05, 0) is 55.5 Å². The second-order valence-electron chi connectivity index (χ2n) is 7.16. The summed E-state index contributed by atoms with van der Waals surface area (Å²) in [4.78, 5) is 0.0464. The highest BCUT2D eigenvalue weighted by molar-refractivity contribution is 7.92. The molecule has 1 aliphatic rings. The van der Waals surface area contributed by atoms with Gasteiger partial charge >= 0.3 is 15.5 Å². The Hall–Kier alpha value is -1.62. The van der Waals surface area contributed by atoms with Crippen molar-refractivity contribution in [2.75, 3.05) is 0 Å². The summed E-state index contributed by atoms with van der Waals surface area (Å²) >= 11 is 5.86. The van der Waals surface area contributed by atoms with Gasteiger partial charge in [-0.25, -0.2) is 21.6 Å². The summed E-state index contributed by atoms with van der Waals surface area (Å²) in [6, 6.07) is 13.1. The Balaban J connectivity index is 1.96. The quantitative estimate of drug-likeness (QED) is 0.686. The van der Waals surface area contributed by atoms with E-state index in [1.165, 1.54) is 24.3 Å². The van der Waals surface area contributed by atoms with Gasteiger partial charge in [0.25, 0.3) is 0 Å². The number of hydrogen-bond donors (Lipinski definition) is 1. The number of sulfonamides is 1. The zero-order chi connectivity index (χ0) is 22.2. The third-order valence-corrected chi connectivity index (χ3v) is 9.43. The molecule has 3 rings (SSSR count). The van der Waals surface area contributed by atoms with Crippen molar-refractivity contribution in [1.29, 1.82) is 0 Å². The summed E-state index contributed by atoms with van der Waals surface area (Å²) < 4.78 is 88.4. The third kappa shape index (κ3) is 4.23. The van der Waals surface area contributed by atoms with Crippen LogP contribution in [0, 0.1) is 0 Å². The van der Waals surface area contributed by atoms with Crippen LogP contribution in [0.15, 0.2) is 59.5 Å². The molecular formula is C19H19ClF3NO4S2. The predicted octanol–water partition coefficient (Wildman–Crippen LogP) is 4.39. The fourth-order valence-electron chi connectivity index (χ4n) is 3.78. The van der Waals surface area contributed by atoms with Gasteiger partial charge in [0.2, 0.25) is 0 Å². The van der Waals surface area contributed by atoms with Crippen molar-refractivity contribution in [1.82, 2.24) is 4.72 Å². The summed E-state index contributed by atoms with van der Waals surface area (Å²) in [5.74, 6) is 0. The number of hydrogen-bond acceptors (Lipinski definition) is 4. The molecule has 30 heavy (non-hydrogen) atoms. The van der Waals surface area contributed by atoms with Crippen LogP contribution >= 0.6 is 11.6 Å². The van der Waals surface area contributed by atoms with Gasteiger partial charge in [0.15, 0.2) is 9.84 Å². The highest BCUT2D eigenvalue weighted by Gasteiger charge is 2.51. The molecule has 0 spiro atoms. The van der Waals surface area contributed by atoms with Crippen molar-refractivity contribution < 1.29 is 30.0 Å². The molecule has 0 radical (unpaired) electrons. The first-order valence-corrected chi connectivity index (χ1v) is 12.4. The van der Waals surface area contributed by atoms with E-state index in [0.29, 0.717) is 10.6 Å². The molecule has 0 aliphatic heterocycles. The molecule has 0 heterocycles. The van der Waals surface area contributed by atoms with Crippen molar-refractivity contribution in [2.24, 2.45) is 0 Å². The van der Waals surface area contributed by atoms with Gasteiger partial charge in [-0.15, -0.1) is 0 Å². The van der Waals surface area contributed by atoms with Crippen molar-refractivity contribution >= 4 is 31.5 Å². The average Bonchev–Trinajstić information content (AvgIpc) is 2.68. The molecule has 1 N–H and O–H groups in total. The summed E-state index contributed by atoms with van der Waals surface area (Å²) in [5.41, 5.74) is -4.91. The van der Waals surface area contributed by atoms with Crippen molar-refractivity contribution in [3.05, 3.63) is 65.2 Å². The van der Waals surface area contributed by atoms with Crippen LogP contribution in [0.4, 0.5) is 13.2 Å². The Morgan fingerprint density at radius 1 is 0.900 bits per heavy atom. The monoisotopic (exact) mass is 481 g/mol. The molecule has 0 amide bonds. The molecule has 164 valence electrons. The van der Waals surface area contributed by atoms with E-state index in [-0.39, 0.29) is 30.6 Å². The third-order valence-electron chi connectivity index (χ3n) is 5.36. The fraction of sp³-hybridized carbons (Fsp3) is 0.368. The van der Waals surface area contributed by atoms with Crippen molar-refractivity contribution in [2.45, 2.75) is 46.9 Å². The number of alkyl halides is 3. The summed E-state index contributed by atoms with van der Waals surface area (Å²) in [6.07, 6.45) is -0.186. The topological polar surface area (TPSA) is 80.3 Å². The molecule has 0 unspecified atom stereocenters. The zero-order valence-corrected chi connectivity index (χ0v) is 18.0. The van der Waals surface area contributed by atoms with Crippen LogP contribution in [-0.4, -0.2) is 28.4 Å². The summed E-state index contributed by atoms with van der Waals surface area (Å²) in [6.45, 7) is 0. The molecule has 1 fully saturated rings. The second-order valence-corrected chi connectivity index (χ2v) is 11.6. The highest BCUT2D eigenvalue weighted by atomic mass is 35.5. The van der Waals surface area contributed by atoms with Gasteiger partial charge < -0.3 is 0 Å². The van der Waals surface area contributed by atoms with Gasteiger partial charge in [-0.2, -0.15) is 13.2 Å². The van der Waals surface area contributed by atoms with Gasteiger partial charge in [0.1, 0.15) is 4.75 Å². The first-order chi connectivity index (χ1) is 13.9. The Morgan fingerprint density at radius 3 is 1.93 bits per heavy atom. The fourth-order valence-corrected chi connectivity index (χ4v) is 6.88. The van der Waals surface area contributed by atoms with E-state index in [4.69, 9.17) is 11.6 Å². The lowest BCUT2D eigenvalue weighted by atomic mass is 9.81. The molecule has 0 saturated heterocycles. The largest absolute Gasteiger partial charge is 0.511 e. The van der Waals surface area contributed by atoms with E-state index in [1.807, 2.05) is 0 Å². The first-order valence-electron chi connectivity index (χ1n) is 9.03. The molecule has 2 aromatic carbocycles. The van der Waals surface area contributed by atoms with Crippen LogP contribution in [0.5, 0.6) is 0 Å². The van der Waals surface area contributed by atoms with E-state index < -0.39 is 36.2 Å². The normalized spacial score (nSPS) is 23.3. The van der Waals surface area contributed by atoms with E-state index in [2.05, 4.69) is 0 Å². The maximum Gasteiger partial charge on any atom is 0.511 e. The molecule has 0 atom stereocenters. The highest BCUT2D eigenvalue weighted by Crippen LogP contribution is 2.47. The van der Waals surface area contributed by atoms with Crippen LogP contribution in [0.3, 0.4) is 0 Å². The molecule has 11 heteroatoms. The Morgan fingerprint density at radius 2 is 1.43 bits per heavy atom. The lowest BCUT2D eigenvalue weighted by Crippen LogP contribution is -2.48. The lowest BCUT2D eigenvalue weighted by Gasteiger charge is -2.40. The maximum absolute atomic E-state index is 13.6. The molecule has 5 nitrogen and oxygen atoms in total. The average molecular weight is 482 g/mol. The van der Waals surface area contributed by atoms with Crippen LogP contribution < -0.4 is 4.72 Å². The zero-order valence-electron chi connectivity index (χ0n) is 15.6. The standard InChI is InChI=1S/C19H19ClF3NO4S2/c20-15-6-8-17(9-7-15)29(25,26)18(14-4-2-1-3-5-14)12-10-16(11-13-18)24-30(27,28)19(21,22)23/h1-9,16,24H,10-13H2. The lowest BCUT2D eigenvalue weighted by molar-refractivity contribution is -0.0452. The number of sulfone groups is 1. The van der Waals surface area contributed by atoms with E-state index >= 15 is 0 Å².